The van der Waals surface area contributed by atoms with Crippen molar-refractivity contribution in [1.29, 1.82) is 0 Å². The van der Waals surface area contributed by atoms with Gasteiger partial charge in [-0.15, -0.1) is 0 Å². The van der Waals surface area contributed by atoms with Crippen molar-refractivity contribution in [3.8, 4) is 0 Å². The van der Waals surface area contributed by atoms with E-state index < -0.39 is 0 Å². The van der Waals surface area contributed by atoms with Gasteiger partial charge >= 0.3 is 0 Å². The van der Waals surface area contributed by atoms with Crippen molar-refractivity contribution in [1.82, 2.24) is 9.97 Å². The molecule has 0 bridgehead atoms. The molecule has 1 heterocycles. The summed E-state index contributed by atoms with van der Waals surface area (Å²) in [4.78, 5) is 7.91. The summed E-state index contributed by atoms with van der Waals surface area (Å²) in [6, 6.07) is 0. The van der Waals surface area contributed by atoms with E-state index in [0.29, 0.717) is 11.4 Å². The first-order valence-corrected chi connectivity index (χ1v) is 5.52. The molecule has 0 radical (unpaired) electrons. The molecule has 1 aromatic heterocycles. The van der Waals surface area contributed by atoms with Gasteiger partial charge in [-0.1, -0.05) is 19.3 Å². The van der Waals surface area contributed by atoms with Gasteiger partial charge in [-0.2, -0.15) is 0 Å². The van der Waals surface area contributed by atoms with Gasteiger partial charge in [0.2, 0.25) is 0 Å². The van der Waals surface area contributed by atoms with Crippen molar-refractivity contribution in [3.05, 3.63) is 23.5 Å². The van der Waals surface area contributed by atoms with Crippen molar-refractivity contribution >= 4 is 0 Å². The molecule has 0 aliphatic heterocycles. The minimum Gasteiger partial charge on any atom is -0.325 e. The number of halogens is 1. The van der Waals surface area contributed by atoms with Crippen molar-refractivity contribution in [2.75, 3.05) is 0 Å². The number of nitrogens with two attached hydrogens (primary N) is 1. The summed E-state index contributed by atoms with van der Waals surface area (Å²) in [5.74, 6) is -0.0149. The number of hydrogen-bond acceptors (Lipinski definition) is 3. The highest BCUT2D eigenvalue weighted by Gasteiger charge is 2.21. The molecule has 0 aromatic carbocycles. The molecule has 2 N–H and O–H groups in total. The molecule has 15 heavy (non-hydrogen) atoms. The summed E-state index contributed by atoms with van der Waals surface area (Å²) in [7, 11) is 0. The van der Waals surface area contributed by atoms with Gasteiger partial charge < -0.3 is 5.73 Å². The van der Waals surface area contributed by atoms with Crippen LogP contribution in [-0.4, -0.2) is 9.97 Å². The predicted octanol–water partition coefficient (Wildman–Crippen LogP) is 2.12. The smallest absolute Gasteiger partial charge is 0.167 e. The highest BCUT2D eigenvalue weighted by Crippen LogP contribution is 2.32. The third-order valence-corrected chi connectivity index (χ3v) is 3.07. The second-order valence-electron chi connectivity index (χ2n) is 4.06. The molecule has 1 saturated carbocycles. The molecule has 4 heteroatoms. The second kappa shape index (κ2) is 4.66. The molecule has 1 aliphatic rings. The summed E-state index contributed by atoms with van der Waals surface area (Å²) >= 11 is 0. The van der Waals surface area contributed by atoms with Crippen LogP contribution in [-0.2, 0) is 6.54 Å². The molecule has 82 valence electrons. The van der Waals surface area contributed by atoms with Gasteiger partial charge in [0.1, 0.15) is 6.33 Å². The molecule has 1 aliphatic carbocycles. The average molecular weight is 209 g/mol. The van der Waals surface area contributed by atoms with Crippen LogP contribution in [0, 0.1) is 5.82 Å². The Morgan fingerprint density at radius 3 is 2.67 bits per heavy atom. The Morgan fingerprint density at radius 2 is 2.00 bits per heavy atom. The Balaban J connectivity index is 2.26. The van der Waals surface area contributed by atoms with Gasteiger partial charge in [0.05, 0.1) is 11.4 Å². The summed E-state index contributed by atoms with van der Waals surface area (Å²) in [5, 5.41) is 0. The van der Waals surface area contributed by atoms with Crippen molar-refractivity contribution in [2.24, 2.45) is 5.73 Å². The monoisotopic (exact) mass is 209 g/mol. The summed E-state index contributed by atoms with van der Waals surface area (Å²) in [6.45, 7) is 0.147. The van der Waals surface area contributed by atoms with Gasteiger partial charge in [-0.25, -0.2) is 14.4 Å². The van der Waals surface area contributed by atoms with E-state index in [1.54, 1.807) is 0 Å². The molecule has 0 atom stereocenters. The Kier molecular flexibility index (Phi) is 3.26. The minimum atomic E-state index is -0.285. The lowest BCUT2D eigenvalue weighted by atomic mass is 9.86. The summed E-state index contributed by atoms with van der Waals surface area (Å²) in [5.41, 5.74) is 6.33. The van der Waals surface area contributed by atoms with Gasteiger partial charge in [0, 0.05) is 12.5 Å². The van der Waals surface area contributed by atoms with Crippen LogP contribution in [0.15, 0.2) is 6.33 Å². The summed E-state index contributed by atoms with van der Waals surface area (Å²) in [6.07, 6.45) is 7.11. The van der Waals surface area contributed by atoms with E-state index in [1.807, 2.05) is 0 Å². The number of rotatable bonds is 2. The van der Waals surface area contributed by atoms with Crippen LogP contribution >= 0.6 is 0 Å². The van der Waals surface area contributed by atoms with E-state index in [0.717, 1.165) is 12.8 Å². The topological polar surface area (TPSA) is 51.8 Å². The molecule has 0 spiro atoms. The molecule has 0 unspecified atom stereocenters. The Hall–Kier alpha value is -1.03. The Labute approximate surface area is 88.9 Å². The normalized spacial score (nSPS) is 18.0. The SMILES string of the molecule is NCc1ncnc(C2CCCCC2)c1F. The lowest BCUT2D eigenvalue weighted by molar-refractivity contribution is 0.417. The van der Waals surface area contributed by atoms with E-state index in [9.17, 15) is 4.39 Å². The van der Waals surface area contributed by atoms with Crippen molar-refractivity contribution < 1.29 is 4.39 Å². The number of nitrogens with zero attached hydrogens (tertiary/aromatic N) is 2. The quantitative estimate of drug-likeness (QED) is 0.811. The fourth-order valence-electron chi connectivity index (χ4n) is 2.22. The van der Waals surface area contributed by atoms with E-state index >= 15 is 0 Å². The highest BCUT2D eigenvalue weighted by molar-refractivity contribution is 5.16. The second-order valence-corrected chi connectivity index (χ2v) is 4.06. The zero-order valence-corrected chi connectivity index (χ0v) is 8.75. The molecule has 3 nitrogen and oxygen atoms in total. The number of hydrogen-bond donors (Lipinski definition) is 1. The van der Waals surface area contributed by atoms with Crippen LogP contribution in [0.5, 0.6) is 0 Å². The van der Waals surface area contributed by atoms with Crippen LogP contribution in [0.3, 0.4) is 0 Å². The van der Waals surface area contributed by atoms with Gasteiger partial charge in [-0.3, -0.25) is 0 Å². The van der Waals surface area contributed by atoms with E-state index in [1.165, 1.54) is 25.6 Å². The molecular formula is C11H16FN3. The molecule has 1 aromatic rings. The fourth-order valence-corrected chi connectivity index (χ4v) is 2.22. The molecule has 2 rings (SSSR count). The van der Waals surface area contributed by atoms with Crippen LogP contribution in [0.1, 0.15) is 49.4 Å². The third kappa shape index (κ3) is 2.15. The first-order valence-electron chi connectivity index (χ1n) is 5.52. The van der Waals surface area contributed by atoms with Crippen molar-refractivity contribution in [2.45, 2.75) is 44.6 Å². The van der Waals surface area contributed by atoms with Gasteiger partial charge in [-0.05, 0) is 12.8 Å². The predicted molar refractivity (Wildman–Crippen MR) is 55.7 cm³/mol. The van der Waals surface area contributed by atoms with Crippen LogP contribution in [0.2, 0.25) is 0 Å². The van der Waals surface area contributed by atoms with Crippen LogP contribution < -0.4 is 5.73 Å². The van der Waals surface area contributed by atoms with E-state index in [2.05, 4.69) is 9.97 Å². The Morgan fingerprint density at radius 1 is 1.27 bits per heavy atom. The maximum atomic E-state index is 13.9. The maximum absolute atomic E-state index is 13.9. The number of aromatic nitrogens is 2. The lowest BCUT2D eigenvalue weighted by Crippen LogP contribution is -2.13. The lowest BCUT2D eigenvalue weighted by Gasteiger charge is -2.21. The molecule has 0 amide bonds. The first-order chi connectivity index (χ1) is 7.33. The fraction of sp³-hybridized carbons (Fsp3) is 0.636. The molecular weight excluding hydrogens is 193 g/mol. The average Bonchev–Trinajstić information content (AvgIpc) is 2.30. The zero-order chi connectivity index (χ0) is 10.7. The van der Waals surface area contributed by atoms with Gasteiger partial charge in [0.25, 0.3) is 0 Å². The zero-order valence-electron chi connectivity index (χ0n) is 8.75. The van der Waals surface area contributed by atoms with Crippen LogP contribution in [0.25, 0.3) is 0 Å². The molecule has 0 saturated heterocycles. The highest BCUT2D eigenvalue weighted by atomic mass is 19.1. The maximum Gasteiger partial charge on any atom is 0.167 e. The van der Waals surface area contributed by atoms with E-state index in [-0.39, 0.29) is 18.3 Å². The first kappa shape index (κ1) is 10.5. The van der Waals surface area contributed by atoms with Gasteiger partial charge in [0.15, 0.2) is 5.82 Å². The Bertz CT molecular complexity index is 335. The summed E-state index contributed by atoms with van der Waals surface area (Å²) < 4.78 is 13.9. The largest absolute Gasteiger partial charge is 0.325 e. The van der Waals surface area contributed by atoms with Crippen molar-refractivity contribution in [3.63, 3.8) is 0 Å². The van der Waals surface area contributed by atoms with Crippen LogP contribution in [0.4, 0.5) is 4.39 Å². The molecule has 1 fully saturated rings. The standard InChI is InChI=1S/C11H16FN3/c12-10-9(6-13)14-7-15-11(10)8-4-2-1-3-5-8/h7-8H,1-6,13H2. The third-order valence-electron chi connectivity index (χ3n) is 3.07. The van der Waals surface area contributed by atoms with E-state index in [4.69, 9.17) is 5.73 Å². The minimum absolute atomic E-state index is 0.147.